The fourth-order valence-electron chi connectivity index (χ4n) is 3.04. The van der Waals surface area contributed by atoms with E-state index in [-0.39, 0.29) is 35.8 Å². The Labute approximate surface area is 184 Å². The average molecular weight is 433 g/mol. The van der Waals surface area contributed by atoms with E-state index < -0.39 is 12.5 Å². The summed E-state index contributed by atoms with van der Waals surface area (Å²) in [5.41, 5.74) is 1.74. The van der Waals surface area contributed by atoms with Crippen molar-refractivity contribution in [1.29, 1.82) is 0 Å². The molecule has 2 rings (SSSR count). The predicted molar refractivity (Wildman–Crippen MR) is 120 cm³/mol. The molecular weight excluding hydrogens is 396 g/mol. The first kappa shape index (κ1) is 25.1. The fraction of sp³-hybridized carbons (Fsp3) is 0.500. The summed E-state index contributed by atoms with van der Waals surface area (Å²) >= 11 is 0. The van der Waals surface area contributed by atoms with Crippen LogP contribution in [0.25, 0.3) is 0 Å². The van der Waals surface area contributed by atoms with E-state index in [1.807, 2.05) is 41.5 Å². The predicted octanol–water partition coefficient (Wildman–Crippen LogP) is 3.57. The Balaban J connectivity index is 2.06. The highest BCUT2D eigenvalue weighted by Crippen LogP contribution is 2.26. The molecule has 2 aromatic carbocycles. The summed E-state index contributed by atoms with van der Waals surface area (Å²) in [6.07, 6.45) is -1.76. The first-order valence-corrected chi connectivity index (χ1v) is 10.4. The number of phenolic OH excluding ortho intramolecular Hbond substituents is 2. The third kappa shape index (κ3) is 8.12. The minimum absolute atomic E-state index is 0.0643. The largest absolute Gasteiger partial charge is 0.508 e. The van der Waals surface area contributed by atoms with Gasteiger partial charge in [0.1, 0.15) is 24.0 Å². The van der Waals surface area contributed by atoms with E-state index in [1.165, 1.54) is 12.1 Å². The van der Waals surface area contributed by atoms with Crippen LogP contribution in [0.1, 0.15) is 76.3 Å². The normalized spacial score (nSPS) is 14.5. The molecule has 2 unspecified atom stereocenters. The SMILES string of the molecule is CC(C)(C)NC(O)c1ccc(O)c(COCc2cc(C(O)NC(C)(C)C)ccc2O)c1. The summed E-state index contributed by atoms with van der Waals surface area (Å²) in [6, 6.07) is 9.72. The van der Waals surface area contributed by atoms with Crippen LogP contribution in [-0.2, 0) is 18.0 Å². The molecule has 0 saturated carbocycles. The van der Waals surface area contributed by atoms with Gasteiger partial charge in [-0.1, -0.05) is 12.1 Å². The van der Waals surface area contributed by atoms with Crippen molar-refractivity contribution >= 4 is 0 Å². The second-order valence-electron chi connectivity index (χ2n) is 9.86. The monoisotopic (exact) mass is 432 g/mol. The molecule has 0 saturated heterocycles. The van der Waals surface area contributed by atoms with Crippen molar-refractivity contribution in [2.75, 3.05) is 0 Å². The second-order valence-corrected chi connectivity index (χ2v) is 9.86. The van der Waals surface area contributed by atoms with Crippen molar-refractivity contribution in [3.63, 3.8) is 0 Å². The van der Waals surface area contributed by atoms with E-state index >= 15 is 0 Å². The number of phenols is 2. The summed E-state index contributed by atoms with van der Waals surface area (Å²) in [7, 11) is 0. The molecule has 0 bridgehead atoms. The molecule has 0 aliphatic rings. The minimum Gasteiger partial charge on any atom is -0.508 e. The lowest BCUT2D eigenvalue weighted by molar-refractivity contribution is 0.0983. The molecule has 0 fully saturated rings. The maximum absolute atomic E-state index is 10.4. The van der Waals surface area contributed by atoms with Crippen molar-refractivity contribution < 1.29 is 25.2 Å². The lowest BCUT2D eigenvalue weighted by Gasteiger charge is -2.25. The molecule has 0 aromatic heterocycles. The van der Waals surface area contributed by atoms with Gasteiger partial charge in [-0.2, -0.15) is 0 Å². The summed E-state index contributed by atoms with van der Waals surface area (Å²) in [4.78, 5) is 0. The summed E-state index contributed by atoms with van der Waals surface area (Å²) in [6.45, 7) is 11.9. The van der Waals surface area contributed by atoms with E-state index in [2.05, 4.69) is 10.6 Å². The molecule has 2 aromatic rings. The summed E-state index contributed by atoms with van der Waals surface area (Å²) < 4.78 is 5.71. The minimum atomic E-state index is -0.878. The van der Waals surface area contributed by atoms with Gasteiger partial charge in [0.15, 0.2) is 0 Å². The molecule has 0 amide bonds. The van der Waals surface area contributed by atoms with Crippen molar-refractivity contribution in [2.45, 2.75) is 78.3 Å². The van der Waals surface area contributed by atoms with Crippen LogP contribution in [0, 0.1) is 0 Å². The molecule has 31 heavy (non-hydrogen) atoms. The van der Waals surface area contributed by atoms with Crippen molar-refractivity contribution in [1.82, 2.24) is 10.6 Å². The standard InChI is InChI=1S/C24H36N2O5/c1-23(2,3)25-21(29)15-7-9-19(27)17(11-15)13-31-14-18-12-16(8-10-20(18)28)22(30)26-24(4,5)6/h7-12,21-22,25-30H,13-14H2,1-6H3. The fourth-order valence-corrected chi connectivity index (χ4v) is 3.04. The Morgan fingerprint density at radius 1 is 0.710 bits per heavy atom. The van der Waals surface area contributed by atoms with Crippen molar-refractivity contribution in [3.05, 3.63) is 58.7 Å². The highest BCUT2D eigenvalue weighted by atomic mass is 16.5. The number of hydrogen-bond acceptors (Lipinski definition) is 7. The van der Waals surface area contributed by atoms with Gasteiger partial charge in [0.2, 0.25) is 0 Å². The Bertz CT molecular complexity index is 800. The van der Waals surface area contributed by atoms with Crippen LogP contribution in [0.4, 0.5) is 0 Å². The molecule has 0 spiro atoms. The Morgan fingerprint density at radius 2 is 1.06 bits per heavy atom. The molecule has 0 aliphatic carbocycles. The van der Waals surface area contributed by atoms with Gasteiger partial charge in [0.05, 0.1) is 13.2 Å². The third-order valence-corrected chi connectivity index (χ3v) is 4.49. The molecule has 0 radical (unpaired) electrons. The van der Waals surface area contributed by atoms with Crippen molar-refractivity contribution in [3.8, 4) is 11.5 Å². The van der Waals surface area contributed by atoms with Gasteiger partial charge in [0, 0.05) is 22.2 Å². The Morgan fingerprint density at radius 3 is 1.39 bits per heavy atom. The van der Waals surface area contributed by atoms with Gasteiger partial charge in [-0.05, 0) is 76.9 Å². The quantitative estimate of drug-likeness (QED) is 0.353. The van der Waals surface area contributed by atoms with Crippen LogP contribution >= 0.6 is 0 Å². The van der Waals surface area contributed by atoms with Gasteiger partial charge in [-0.25, -0.2) is 0 Å². The molecule has 0 aliphatic heterocycles. The Hall–Kier alpha value is -2.16. The maximum Gasteiger partial charge on any atom is 0.131 e. The van der Waals surface area contributed by atoms with Crippen LogP contribution in [-0.4, -0.2) is 31.5 Å². The lowest BCUT2D eigenvalue weighted by atomic mass is 10.0. The van der Waals surface area contributed by atoms with Crippen LogP contribution in [0.5, 0.6) is 11.5 Å². The van der Waals surface area contributed by atoms with E-state index in [0.29, 0.717) is 22.3 Å². The average Bonchev–Trinajstić information content (AvgIpc) is 2.61. The zero-order valence-electron chi connectivity index (χ0n) is 19.2. The van der Waals surface area contributed by atoms with Crippen molar-refractivity contribution in [2.24, 2.45) is 0 Å². The Kier molecular flexibility index (Phi) is 8.08. The first-order valence-electron chi connectivity index (χ1n) is 10.4. The zero-order chi connectivity index (χ0) is 23.4. The number of aliphatic hydroxyl groups is 2. The van der Waals surface area contributed by atoms with Gasteiger partial charge < -0.3 is 25.2 Å². The topological polar surface area (TPSA) is 114 Å². The van der Waals surface area contributed by atoms with Crippen LogP contribution in [0.15, 0.2) is 36.4 Å². The smallest absolute Gasteiger partial charge is 0.131 e. The maximum atomic E-state index is 10.4. The van der Waals surface area contributed by atoms with Gasteiger partial charge in [-0.15, -0.1) is 0 Å². The highest BCUT2D eigenvalue weighted by molar-refractivity contribution is 5.38. The second kappa shape index (κ2) is 9.97. The molecule has 0 heterocycles. The number of rotatable bonds is 8. The summed E-state index contributed by atoms with van der Waals surface area (Å²) in [5, 5.41) is 47.2. The van der Waals surface area contributed by atoms with Crippen LogP contribution in [0.2, 0.25) is 0 Å². The van der Waals surface area contributed by atoms with Crippen LogP contribution < -0.4 is 10.6 Å². The number of hydrogen-bond donors (Lipinski definition) is 6. The molecule has 172 valence electrons. The number of ether oxygens (including phenoxy) is 1. The van der Waals surface area contributed by atoms with Gasteiger partial charge >= 0.3 is 0 Å². The number of aliphatic hydroxyl groups excluding tert-OH is 2. The number of aromatic hydroxyl groups is 2. The zero-order valence-corrected chi connectivity index (χ0v) is 19.2. The summed E-state index contributed by atoms with van der Waals surface area (Å²) in [5.74, 6) is 0.129. The molecular formula is C24H36N2O5. The molecule has 7 heteroatoms. The molecule has 2 atom stereocenters. The van der Waals surface area contributed by atoms with Gasteiger partial charge in [0.25, 0.3) is 0 Å². The van der Waals surface area contributed by atoms with E-state index in [1.54, 1.807) is 24.3 Å². The van der Waals surface area contributed by atoms with Gasteiger partial charge in [-0.3, -0.25) is 10.6 Å². The molecule has 6 N–H and O–H groups in total. The third-order valence-electron chi connectivity index (χ3n) is 4.49. The van der Waals surface area contributed by atoms with E-state index in [4.69, 9.17) is 4.74 Å². The van der Waals surface area contributed by atoms with E-state index in [0.717, 1.165) is 0 Å². The number of nitrogens with one attached hydrogen (secondary N) is 2. The lowest BCUT2D eigenvalue weighted by Crippen LogP contribution is -2.38. The highest BCUT2D eigenvalue weighted by Gasteiger charge is 2.19. The van der Waals surface area contributed by atoms with Crippen LogP contribution in [0.3, 0.4) is 0 Å². The van der Waals surface area contributed by atoms with E-state index in [9.17, 15) is 20.4 Å². The molecule has 7 nitrogen and oxygen atoms in total. The first-order chi connectivity index (χ1) is 14.2. The number of benzene rings is 2.